The Hall–Kier alpha value is -2.32. The normalized spacial score (nSPS) is 10.7. The maximum atomic E-state index is 12.5. The molecular formula is C21H23BrN4O2S. The molecule has 0 spiro atoms. The molecule has 1 amide bonds. The molecule has 152 valence electrons. The number of amides is 1. The van der Waals surface area contributed by atoms with Gasteiger partial charge >= 0.3 is 0 Å². The number of benzene rings is 2. The molecule has 0 aliphatic heterocycles. The van der Waals surface area contributed by atoms with Crippen molar-refractivity contribution < 1.29 is 9.53 Å². The fraction of sp³-hybridized carbons (Fsp3) is 0.286. The molecule has 3 aromatic rings. The third-order valence-corrected chi connectivity index (χ3v) is 5.42. The number of carbonyl (C=O) groups is 1. The van der Waals surface area contributed by atoms with Crippen molar-refractivity contribution >= 4 is 33.6 Å². The summed E-state index contributed by atoms with van der Waals surface area (Å²) < 4.78 is 8.58. The topological polar surface area (TPSA) is 69.0 Å². The molecule has 8 heteroatoms. The van der Waals surface area contributed by atoms with Crippen LogP contribution < -0.4 is 10.1 Å². The summed E-state index contributed by atoms with van der Waals surface area (Å²) in [5.74, 6) is 1.28. The molecule has 1 heterocycles. The van der Waals surface area contributed by atoms with Gasteiger partial charge in [0.15, 0.2) is 11.0 Å². The van der Waals surface area contributed by atoms with E-state index in [2.05, 4.69) is 38.4 Å². The Labute approximate surface area is 183 Å². The monoisotopic (exact) mass is 474 g/mol. The number of unbranched alkanes of at least 4 members (excludes halogenated alkanes) is 1. The van der Waals surface area contributed by atoms with Gasteiger partial charge < -0.3 is 10.1 Å². The highest BCUT2D eigenvalue weighted by atomic mass is 79.9. The first-order chi connectivity index (χ1) is 14.1. The Morgan fingerprint density at radius 1 is 1.14 bits per heavy atom. The third kappa shape index (κ3) is 5.61. The standard InChI is InChI=1S/C21H23BrN4O2S/c1-3-4-13-28-18-11-5-15(6-12-18)20(27)23-14-19-24-25-21(29-2)26(19)17-9-7-16(22)8-10-17/h5-12H,3-4,13-14H2,1-2H3,(H,23,27). The molecule has 1 aromatic heterocycles. The highest BCUT2D eigenvalue weighted by Gasteiger charge is 2.15. The number of hydrogen-bond donors (Lipinski definition) is 1. The smallest absolute Gasteiger partial charge is 0.251 e. The fourth-order valence-corrected chi connectivity index (χ4v) is 3.47. The van der Waals surface area contributed by atoms with Gasteiger partial charge in [-0.2, -0.15) is 0 Å². The number of rotatable bonds is 9. The first kappa shape index (κ1) is 21.4. The van der Waals surface area contributed by atoms with Gasteiger partial charge in [-0.3, -0.25) is 9.36 Å². The molecule has 6 nitrogen and oxygen atoms in total. The van der Waals surface area contributed by atoms with Crippen LogP contribution in [0.15, 0.2) is 58.2 Å². The van der Waals surface area contributed by atoms with Crippen LogP contribution in [0.3, 0.4) is 0 Å². The molecular weight excluding hydrogens is 452 g/mol. The van der Waals surface area contributed by atoms with Gasteiger partial charge in [0.2, 0.25) is 0 Å². The van der Waals surface area contributed by atoms with Crippen LogP contribution in [-0.2, 0) is 6.54 Å². The second kappa shape index (κ2) is 10.5. The van der Waals surface area contributed by atoms with Gasteiger partial charge in [-0.15, -0.1) is 10.2 Å². The van der Waals surface area contributed by atoms with Gasteiger partial charge in [-0.05, 0) is 61.2 Å². The lowest BCUT2D eigenvalue weighted by Crippen LogP contribution is -2.24. The average Bonchev–Trinajstić information content (AvgIpc) is 3.16. The summed E-state index contributed by atoms with van der Waals surface area (Å²) in [5, 5.41) is 12.2. The Morgan fingerprint density at radius 2 is 1.86 bits per heavy atom. The van der Waals surface area contributed by atoms with Crippen molar-refractivity contribution in [2.45, 2.75) is 31.5 Å². The van der Waals surface area contributed by atoms with Gasteiger partial charge in [0.25, 0.3) is 5.91 Å². The van der Waals surface area contributed by atoms with Gasteiger partial charge in [0, 0.05) is 15.7 Å². The number of halogens is 1. The molecule has 0 fully saturated rings. The van der Waals surface area contributed by atoms with Gasteiger partial charge in [-0.1, -0.05) is 41.0 Å². The summed E-state index contributed by atoms with van der Waals surface area (Å²) in [6, 6.07) is 15.1. The number of carbonyl (C=O) groups excluding carboxylic acids is 1. The van der Waals surface area contributed by atoms with E-state index in [0.29, 0.717) is 18.0 Å². The molecule has 2 aromatic carbocycles. The van der Waals surface area contributed by atoms with Crippen molar-refractivity contribution in [2.24, 2.45) is 0 Å². The molecule has 3 rings (SSSR count). The summed E-state index contributed by atoms with van der Waals surface area (Å²) in [6.45, 7) is 3.08. The molecule has 0 bridgehead atoms. The lowest BCUT2D eigenvalue weighted by Gasteiger charge is -2.11. The fourth-order valence-electron chi connectivity index (χ4n) is 2.69. The van der Waals surface area contributed by atoms with Crippen LogP contribution in [0.2, 0.25) is 0 Å². The van der Waals surface area contributed by atoms with Crippen LogP contribution in [0.1, 0.15) is 35.9 Å². The third-order valence-electron chi connectivity index (χ3n) is 4.26. The van der Waals surface area contributed by atoms with Crippen LogP contribution in [0.5, 0.6) is 5.75 Å². The first-order valence-corrected chi connectivity index (χ1v) is 11.4. The molecule has 0 saturated carbocycles. The Balaban J connectivity index is 1.67. The van der Waals surface area contributed by atoms with Crippen LogP contribution in [0.25, 0.3) is 5.69 Å². The van der Waals surface area contributed by atoms with Crippen molar-refractivity contribution in [3.63, 3.8) is 0 Å². The van der Waals surface area contributed by atoms with E-state index in [0.717, 1.165) is 33.9 Å². The van der Waals surface area contributed by atoms with Gasteiger partial charge in [-0.25, -0.2) is 0 Å². The van der Waals surface area contributed by atoms with E-state index < -0.39 is 0 Å². The minimum atomic E-state index is -0.166. The quantitative estimate of drug-likeness (QED) is 0.354. The van der Waals surface area contributed by atoms with E-state index in [1.807, 2.05) is 47.2 Å². The SMILES string of the molecule is CCCCOc1ccc(C(=O)NCc2nnc(SC)n2-c2ccc(Br)cc2)cc1. The molecule has 0 radical (unpaired) electrons. The average molecular weight is 475 g/mol. The highest BCUT2D eigenvalue weighted by molar-refractivity contribution is 9.10. The minimum absolute atomic E-state index is 0.166. The zero-order valence-corrected chi connectivity index (χ0v) is 18.8. The minimum Gasteiger partial charge on any atom is -0.494 e. The summed E-state index contributed by atoms with van der Waals surface area (Å²) in [5.41, 5.74) is 1.52. The summed E-state index contributed by atoms with van der Waals surface area (Å²) in [6.07, 6.45) is 4.05. The zero-order valence-electron chi connectivity index (χ0n) is 16.4. The van der Waals surface area contributed by atoms with Crippen LogP contribution in [-0.4, -0.2) is 33.5 Å². The number of thioether (sulfide) groups is 1. The second-order valence-corrected chi connectivity index (χ2v) is 8.01. The van der Waals surface area contributed by atoms with Crippen molar-refractivity contribution in [1.82, 2.24) is 20.1 Å². The zero-order chi connectivity index (χ0) is 20.6. The molecule has 0 aliphatic rings. The lowest BCUT2D eigenvalue weighted by atomic mass is 10.2. The predicted octanol–water partition coefficient (Wildman–Crippen LogP) is 4.86. The van der Waals surface area contributed by atoms with Gasteiger partial charge in [0.05, 0.1) is 13.2 Å². The summed E-state index contributed by atoms with van der Waals surface area (Å²) in [7, 11) is 0. The number of ether oxygens (including phenoxy) is 1. The Bertz CT molecular complexity index is 942. The predicted molar refractivity (Wildman–Crippen MR) is 119 cm³/mol. The van der Waals surface area contributed by atoms with E-state index in [4.69, 9.17) is 4.74 Å². The number of nitrogens with zero attached hydrogens (tertiary/aromatic N) is 3. The Morgan fingerprint density at radius 3 is 2.52 bits per heavy atom. The van der Waals surface area contributed by atoms with Crippen LogP contribution in [0.4, 0.5) is 0 Å². The van der Waals surface area contributed by atoms with E-state index >= 15 is 0 Å². The molecule has 29 heavy (non-hydrogen) atoms. The highest BCUT2D eigenvalue weighted by Crippen LogP contribution is 2.22. The summed E-state index contributed by atoms with van der Waals surface area (Å²) >= 11 is 4.96. The molecule has 1 N–H and O–H groups in total. The van der Waals surface area contributed by atoms with Crippen molar-refractivity contribution in [3.8, 4) is 11.4 Å². The maximum Gasteiger partial charge on any atom is 0.251 e. The maximum absolute atomic E-state index is 12.5. The second-order valence-electron chi connectivity index (χ2n) is 6.32. The molecule has 0 aliphatic carbocycles. The molecule has 0 saturated heterocycles. The lowest BCUT2D eigenvalue weighted by molar-refractivity contribution is 0.0949. The number of nitrogens with one attached hydrogen (secondary N) is 1. The van der Waals surface area contributed by atoms with E-state index in [9.17, 15) is 4.79 Å². The van der Waals surface area contributed by atoms with E-state index in [-0.39, 0.29) is 12.5 Å². The Kier molecular flexibility index (Phi) is 7.71. The van der Waals surface area contributed by atoms with Gasteiger partial charge in [0.1, 0.15) is 5.75 Å². The molecule has 0 atom stereocenters. The van der Waals surface area contributed by atoms with Crippen molar-refractivity contribution in [1.29, 1.82) is 0 Å². The molecule has 0 unspecified atom stereocenters. The first-order valence-electron chi connectivity index (χ1n) is 9.37. The van der Waals surface area contributed by atoms with E-state index in [1.165, 1.54) is 11.8 Å². The number of aromatic nitrogens is 3. The van der Waals surface area contributed by atoms with Crippen molar-refractivity contribution in [3.05, 3.63) is 64.4 Å². The largest absolute Gasteiger partial charge is 0.494 e. The number of hydrogen-bond acceptors (Lipinski definition) is 5. The summed E-state index contributed by atoms with van der Waals surface area (Å²) in [4.78, 5) is 12.5. The van der Waals surface area contributed by atoms with Crippen molar-refractivity contribution in [2.75, 3.05) is 12.9 Å². The van der Waals surface area contributed by atoms with Crippen LogP contribution in [0, 0.1) is 0 Å². The van der Waals surface area contributed by atoms with Crippen LogP contribution >= 0.6 is 27.7 Å². The van der Waals surface area contributed by atoms with E-state index in [1.54, 1.807) is 12.1 Å².